The van der Waals surface area contributed by atoms with Gasteiger partial charge in [0.1, 0.15) is 12.2 Å². The van der Waals surface area contributed by atoms with Crippen LogP contribution in [0.4, 0.5) is 0 Å². The first-order valence-electron chi connectivity index (χ1n) is 5.56. The average Bonchev–Trinajstić information content (AvgIpc) is 3.08. The third kappa shape index (κ3) is 3.62. The van der Waals surface area contributed by atoms with E-state index in [1.807, 2.05) is 5.38 Å². The maximum absolute atomic E-state index is 11.9. The van der Waals surface area contributed by atoms with Gasteiger partial charge in [-0.3, -0.25) is 14.7 Å². The number of thiophene rings is 1. The lowest BCUT2D eigenvalue weighted by molar-refractivity contribution is -0.121. The van der Waals surface area contributed by atoms with Crippen molar-refractivity contribution >= 4 is 23.2 Å². The van der Waals surface area contributed by atoms with Gasteiger partial charge in [-0.05, 0) is 11.4 Å². The molecule has 100 valence electrons. The molecule has 7 nitrogen and oxygen atoms in total. The molecule has 0 saturated carbocycles. The Morgan fingerprint density at radius 3 is 3.00 bits per heavy atom. The summed E-state index contributed by atoms with van der Waals surface area (Å²) in [6.07, 6.45) is 1.37. The Labute approximate surface area is 113 Å². The third-order valence-electron chi connectivity index (χ3n) is 2.38. The van der Waals surface area contributed by atoms with E-state index in [1.54, 1.807) is 19.2 Å². The molecule has 19 heavy (non-hydrogen) atoms. The predicted octanol–water partition coefficient (Wildman–Crippen LogP) is 0.255. The minimum atomic E-state index is -0.246. The summed E-state index contributed by atoms with van der Waals surface area (Å²) in [5, 5.41) is 10.8. The zero-order chi connectivity index (χ0) is 13.7. The Balaban J connectivity index is 1.80. The van der Waals surface area contributed by atoms with E-state index in [0.29, 0.717) is 10.7 Å². The molecule has 2 N–H and O–H groups in total. The molecule has 0 aliphatic carbocycles. The van der Waals surface area contributed by atoms with Crippen molar-refractivity contribution in [3.63, 3.8) is 0 Å². The van der Waals surface area contributed by atoms with Gasteiger partial charge in [-0.1, -0.05) is 6.07 Å². The molecular formula is C11H13N5O2S. The van der Waals surface area contributed by atoms with Gasteiger partial charge in [0.2, 0.25) is 5.91 Å². The summed E-state index contributed by atoms with van der Waals surface area (Å²) in [6.45, 7) is 0.269. The average molecular weight is 279 g/mol. The topological polar surface area (TPSA) is 91.0 Å². The third-order valence-corrected chi connectivity index (χ3v) is 3.24. The molecule has 2 amide bonds. The van der Waals surface area contributed by atoms with Crippen molar-refractivity contribution in [3.8, 4) is 0 Å². The van der Waals surface area contributed by atoms with E-state index in [1.165, 1.54) is 22.6 Å². The number of nitrogens with one attached hydrogen (secondary N) is 2. The van der Waals surface area contributed by atoms with Crippen LogP contribution in [-0.4, -0.2) is 45.5 Å². The zero-order valence-electron chi connectivity index (χ0n) is 10.3. The van der Waals surface area contributed by atoms with Crippen molar-refractivity contribution in [3.05, 3.63) is 34.5 Å². The smallest absolute Gasteiger partial charge is 0.264 e. The van der Waals surface area contributed by atoms with Crippen molar-refractivity contribution in [2.24, 2.45) is 0 Å². The molecule has 0 fully saturated rings. The molecule has 2 rings (SSSR count). The summed E-state index contributed by atoms with van der Waals surface area (Å²) in [4.78, 5) is 29.4. The van der Waals surface area contributed by atoms with Crippen molar-refractivity contribution < 1.29 is 9.59 Å². The van der Waals surface area contributed by atoms with Crippen molar-refractivity contribution in [2.75, 3.05) is 13.6 Å². The van der Waals surface area contributed by atoms with E-state index in [9.17, 15) is 9.59 Å². The molecule has 0 aromatic carbocycles. The molecular weight excluding hydrogens is 266 g/mol. The lowest BCUT2D eigenvalue weighted by atomic mass is 10.4. The highest BCUT2D eigenvalue weighted by atomic mass is 32.1. The van der Waals surface area contributed by atoms with Gasteiger partial charge in [0, 0.05) is 7.05 Å². The van der Waals surface area contributed by atoms with Gasteiger partial charge in [0.05, 0.1) is 18.0 Å². The van der Waals surface area contributed by atoms with Crippen LogP contribution in [0.2, 0.25) is 0 Å². The fraction of sp³-hybridized carbons (Fsp3) is 0.273. The molecule has 2 aromatic rings. The molecule has 0 radical (unpaired) electrons. The van der Waals surface area contributed by atoms with Gasteiger partial charge in [0.15, 0.2) is 0 Å². The number of amides is 2. The first-order valence-corrected chi connectivity index (χ1v) is 6.44. The van der Waals surface area contributed by atoms with Crippen LogP contribution in [0.15, 0.2) is 23.8 Å². The second-order valence-corrected chi connectivity index (χ2v) is 4.80. The van der Waals surface area contributed by atoms with Crippen molar-refractivity contribution in [1.82, 2.24) is 25.4 Å². The van der Waals surface area contributed by atoms with Gasteiger partial charge in [0.25, 0.3) is 5.91 Å². The summed E-state index contributed by atoms with van der Waals surface area (Å²) in [7, 11) is 1.59. The van der Waals surface area contributed by atoms with E-state index >= 15 is 0 Å². The van der Waals surface area contributed by atoms with E-state index < -0.39 is 0 Å². The van der Waals surface area contributed by atoms with E-state index in [0.717, 1.165) is 0 Å². The predicted molar refractivity (Wildman–Crippen MR) is 69.5 cm³/mol. The van der Waals surface area contributed by atoms with Crippen molar-refractivity contribution in [2.45, 2.75) is 6.54 Å². The monoisotopic (exact) mass is 279 g/mol. The van der Waals surface area contributed by atoms with Gasteiger partial charge < -0.3 is 10.2 Å². The number of rotatable bonds is 5. The summed E-state index contributed by atoms with van der Waals surface area (Å²) in [5.41, 5.74) is 0. The van der Waals surface area contributed by atoms with Crippen LogP contribution in [0.5, 0.6) is 0 Å². The highest BCUT2D eigenvalue weighted by molar-refractivity contribution is 7.12. The summed E-state index contributed by atoms with van der Waals surface area (Å²) in [5.74, 6) is 0.161. The molecule has 0 unspecified atom stereocenters. The van der Waals surface area contributed by atoms with E-state index in [4.69, 9.17) is 0 Å². The zero-order valence-corrected chi connectivity index (χ0v) is 11.1. The summed E-state index contributed by atoms with van der Waals surface area (Å²) in [6, 6.07) is 3.53. The Hall–Kier alpha value is -2.22. The largest absolute Gasteiger partial charge is 0.347 e. The van der Waals surface area contributed by atoms with Crippen LogP contribution >= 0.6 is 11.3 Å². The molecule has 8 heteroatoms. The number of aromatic amines is 1. The standard InChI is InChI=1S/C11H13N5O2S/c1-16(11(18)8-3-2-4-19-8)6-10(17)12-5-9-13-7-14-15-9/h2-4,7H,5-6H2,1H3,(H,12,17)(H,13,14,15). The molecule has 0 spiro atoms. The Morgan fingerprint density at radius 1 is 1.53 bits per heavy atom. The van der Waals surface area contributed by atoms with Gasteiger partial charge in [-0.25, -0.2) is 4.98 Å². The fourth-order valence-corrected chi connectivity index (χ4v) is 2.15. The number of hydrogen-bond donors (Lipinski definition) is 2. The first-order chi connectivity index (χ1) is 9.16. The molecule has 2 heterocycles. The van der Waals surface area contributed by atoms with Gasteiger partial charge in [-0.2, -0.15) is 5.10 Å². The van der Waals surface area contributed by atoms with Gasteiger partial charge in [-0.15, -0.1) is 11.3 Å². The normalized spacial score (nSPS) is 10.2. The number of aromatic nitrogens is 3. The molecule has 0 atom stereocenters. The van der Waals surface area contributed by atoms with Crippen LogP contribution in [-0.2, 0) is 11.3 Å². The fourth-order valence-electron chi connectivity index (χ4n) is 1.43. The Kier molecular flexibility index (Phi) is 4.24. The highest BCUT2D eigenvalue weighted by Crippen LogP contribution is 2.10. The van der Waals surface area contributed by atoms with Gasteiger partial charge >= 0.3 is 0 Å². The van der Waals surface area contributed by atoms with Crippen LogP contribution < -0.4 is 5.32 Å². The molecule has 0 aliphatic rings. The first kappa shape index (κ1) is 13.2. The second kappa shape index (κ2) is 6.10. The minimum Gasteiger partial charge on any atom is -0.347 e. The number of nitrogens with zero attached hydrogens (tertiary/aromatic N) is 3. The maximum Gasteiger partial charge on any atom is 0.264 e. The summed E-state index contributed by atoms with van der Waals surface area (Å²) >= 11 is 1.35. The molecule has 2 aromatic heterocycles. The van der Waals surface area contributed by atoms with E-state index in [-0.39, 0.29) is 24.9 Å². The minimum absolute atomic E-state index is 0.00483. The molecule has 0 aliphatic heterocycles. The van der Waals surface area contributed by atoms with Crippen molar-refractivity contribution in [1.29, 1.82) is 0 Å². The quantitative estimate of drug-likeness (QED) is 0.821. The lowest BCUT2D eigenvalue weighted by Crippen LogP contribution is -2.38. The number of carbonyl (C=O) groups excluding carboxylic acids is 2. The lowest BCUT2D eigenvalue weighted by Gasteiger charge is -2.15. The molecule has 0 bridgehead atoms. The number of hydrogen-bond acceptors (Lipinski definition) is 5. The number of likely N-dealkylation sites (N-methyl/N-ethyl adjacent to an activating group) is 1. The van der Waals surface area contributed by atoms with Crippen LogP contribution in [0.3, 0.4) is 0 Å². The maximum atomic E-state index is 11.9. The van der Waals surface area contributed by atoms with Crippen LogP contribution in [0.1, 0.15) is 15.5 Å². The second-order valence-electron chi connectivity index (χ2n) is 3.85. The van der Waals surface area contributed by atoms with E-state index in [2.05, 4.69) is 20.5 Å². The Bertz CT molecular complexity index is 537. The van der Waals surface area contributed by atoms with Crippen LogP contribution in [0.25, 0.3) is 0 Å². The number of H-pyrrole nitrogens is 1. The Morgan fingerprint density at radius 2 is 2.37 bits per heavy atom. The molecule has 0 saturated heterocycles. The number of carbonyl (C=O) groups is 2. The SMILES string of the molecule is CN(CC(=O)NCc1ncn[nH]1)C(=O)c1cccs1. The summed E-state index contributed by atoms with van der Waals surface area (Å²) < 4.78 is 0. The van der Waals surface area contributed by atoms with Crippen LogP contribution in [0, 0.1) is 0 Å². The highest BCUT2D eigenvalue weighted by Gasteiger charge is 2.15.